The molecule has 4 nitrogen and oxygen atoms in total. The summed E-state index contributed by atoms with van der Waals surface area (Å²) in [4.78, 5) is 24.3. The molecule has 0 saturated heterocycles. The Balaban J connectivity index is 2.26. The summed E-state index contributed by atoms with van der Waals surface area (Å²) < 4.78 is 5.26. The highest BCUT2D eigenvalue weighted by atomic mass is 16.6. The lowest BCUT2D eigenvalue weighted by atomic mass is 9.91. The van der Waals surface area contributed by atoms with Gasteiger partial charge < -0.3 is 4.74 Å². The van der Waals surface area contributed by atoms with Crippen molar-refractivity contribution >= 4 is 17.6 Å². The molecule has 1 amide bonds. The Hall–Kier alpha value is -1.84. The molecular weight excluding hydrogens is 266 g/mol. The number of benzene rings is 1. The molecule has 0 fully saturated rings. The Morgan fingerprint density at radius 1 is 1.14 bits per heavy atom. The summed E-state index contributed by atoms with van der Waals surface area (Å²) >= 11 is 0. The first-order valence-electron chi connectivity index (χ1n) is 7.52. The van der Waals surface area contributed by atoms with Crippen LogP contribution in [0.3, 0.4) is 0 Å². The van der Waals surface area contributed by atoms with E-state index in [1.54, 1.807) is 6.07 Å². The van der Waals surface area contributed by atoms with E-state index in [1.165, 1.54) is 0 Å². The van der Waals surface area contributed by atoms with E-state index in [0.717, 1.165) is 31.2 Å². The fourth-order valence-corrected chi connectivity index (χ4v) is 2.56. The minimum absolute atomic E-state index is 0.108. The summed E-state index contributed by atoms with van der Waals surface area (Å²) in [6.45, 7) is 5.44. The number of hydrogen-bond donors (Lipinski definition) is 1. The molecule has 1 aromatic rings. The first-order chi connectivity index (χ1) is 9.87. The van der Waals surface area contributed by atoms with E-state index in [2.05, 4.69) is 5.32 Å². The van der Waals surface area contributed by atoms with Crippen LogP contribution in [0, 0.1) is 0 Å². The van der Waals surface area contributed by atoms with Crippen LogP contribution in [0.5, 0.6) is 0 Å². The maximum absolute atomic E-state index is 12.4. The number of carbonyl (C=O) groups is 2. The largest absolute Gasteiger partial charge is 0.444 e. The van der Waals surface area contributed by atoms with Gasteiger partial charge in [-0.05, 0) is 51.7 Å². The Kier molecular flexibility index (Phi) is 4.66. The van der Waals surface area contributed by atoms with Crippen molar-refractivity contribution in [3.05, 3.63) is 29.3 Å². The van der Waals surface area contributed by atoms with Crippen LogP contribution in [-0.4, -0.2) is 17.5 Å². The molecule has 4 heteroatoms. The maximum atomic E-state index is 12.4. The average Bonchev–Trinajstić information content (AvgIpc) is 2.33. The van der Waals surface area contributed by atoms with Crippen LogP contribution >= 0.6 is 0 Å². The van der Waals surface area contributed by atoms with Crippen LogP contribution in [0.15, 0.2) is 18.2 Å². The van der Waals surface area contributed by atoms with Crippen LogP contribution in [0.2, 0.25) is 0 Å². The Morgan fingerprint density at radius 2 is 1.86 bits per heavy atom. The average molecular weight is 289 g/mol. The minimum Gasteiger partial charge on any atom is -0.444 e. The second-order valence-electron chi connectivity index (χ2n) is 6.45. The van der Waals surface area contributed by atoms with Crippen LogP contribution in [0.1, 0.15) is 62.4 Å². The van der Waals surface area contributed by atoms with Crippen LogP contribution < -0.4 is 5.32 Å². The number of rotatable bonds is 1. The van der Waals surface area contributed by atoms with E-state index in [9.17, 15) is 9.59 Å². The van der Waals surface area contributed by atoms with Gasteiger partial charge in [-0.15, -0.1) is 0 Å². The summed E-state index contributed by atoms with van der Waals surface area (Å²) in [7, 11) is 0. The molecule has 0 saturated carbocycles. The van der Waals surface area contributed by atoms with Gasteiger partial charge in [0.25, 0.3) is 0 Å². The van der Waals surface area contributed by atoms with E-state index in [-0.39, 0.29) is 5.78 Å². The minimum atomic E-state index is -0.558. The maximum Gasteiger partial charge on any atom is 0.412 e. The molecule has 114 valence electrons. The molecule has 21 heavy (non-hydrogen) atoms. The molecule has 0 aliphatic heterocycles. The van der Waals surface area contributed by atoms with Gasteiger partial charge in [-0.1, -0.05) is 18.6 Å². The molecule has 0 atom stereocenters. The van der Waals surface area contributed by atoms with Crippen molar-refractivity contribution in [1.82, 2.24) is 0 Å². The fourth-order valence-electron chi connectivity index (χ4n) is 2.56. The molecule has 1 aromatic carbocycles. The lowest BCUT2D eigenvalue weighted by molar-refractivity contribution is 0.0636. The second kappa shape index (κ2) is 6.29. The van der Waals surface area contributed by atoms with Gasteiger partial charge in [-0.25, -0.2) is 4.79 Å². The van der Waals surface area contributed by atoms with Gasteiger partial charge in [-0.2, -0.15) is 0 Å². The summed E-state index contributed by atoms with van der Waals surface area (Å²) in [6.07, 6.45) is 3.97. The van der Waals surface area contributed by atoms with E-state index in [4.69, 9.17) is 4.74 Å². The predicted molar refractivity (Wildman–Crippen MR) is 82.8 cm³/mol. The van der Waals surface area contributed by atoms with Crippen molar-refractivity contribution in [2.45, 2.75) is 58.5 Å². The van der Waals surface area contributed by atoms with Crippen LogP contribution in [-0.2, 0) is 11.2 Å². The molecule has 0 radical (unpaired) electrons. The van der Waals surface area contributed by atoms with Gasteiger partial charge in [-0.3, -0.25) is 10.1 Å². The third kappa shape index (κ3) is 4.31. The summed E-state index contributed by atoms with van der Waals surface area (Å²) in [5, 5.41) is 2.72. The smallest absolute Gasteiger partial charge is 0.412 e. The first kappa shape index (κ1) is 15.5. The number of carbonyl (C=O) groups excluding carboxylic acids is 2. The number of aryl methyl sites for hydroxylation is 1. The number of Topliss-reactive ketones (excluding diaryl/α,β-unsaturated/α-hetero) is 1. The third-order valence-electron chi connectivity index (χ3n) is 3.42. The third-order valence-corrected chi connectivity index (χ3v) is 3.42. The zero-order chi connectivity index (χ0) is 15.5. The van der Waals surface area contributed by atoms with Crippen molar-refractivity contribution in [3.63, 3.8) is 0 Å². The van der Waals surface area contributed by atoms with Crippen LogP contribution in [0.25, 0.3) is 0 Å². The zero-order valence-corrected chi connectivity index (χ0v) is 13.0. The normalized spacial score (nSPS) is 15.7. The van der Waals surface area contributed by atoms with Crippen molar-refractivity contribution in [1.29, 1.82) is 0 Å². The quantitative estimate of drug-likeness (QED) is 0.837. The van der Waals surface area contributed by atoms with Crippen LogP contribution in [0.4, 0.5) is 10.5 Å². The fraction of sp³-hybridized carbons (Fsp3) is 0.529. The van der Waals surface area contributed by atoms with Gasteiger partial charge in [0.2, 0.25) is 0 Å². The monoisotopic (exact) mass is 289 g/mol. The summed E-state index contributed by atoms with van der Waals surface area (Å²) in [5.74, 6) is 0.108. The van der Waals surface area contributed by atoms with Crippen molar-refractivity contribution < 1.29 is 14.3 Å². The number of anilines is 1. The number of fused-ring (bicyclic) bond motifs is 1. The van der Waals surface area contributed by atoms with Gasteiger partial charge >= 0.3 is 6.09 Å². The highest BCUT2D eigenvalue weighted by Gasteiger charge is 2.21. The molecular formula is C17H23NO3. The van der Waals surface area contributed by atoms with Gasteiger partial charge in [0.1, 0.15) is 5.60 Å². The topological polar surface area (TPSA) is 55.4 Å². The van der Waals surface area contributed by atoms with Gasteiger partial charge in [0.05, 0.1) is 5.69 Å². The zero-order valence-electron chi connectivity index (χ0n) is 13.0. The van der Waals surface area contributed by atoms with E-state index < -0.39 is 11.7 Å². The number of hydrogen-bond acceptors (Lipinski definition) is 3. The lowest BCUT2D eigenvalue weighted by Gasteiger charge is -2.21. The molecule has 1 aliphatic carbocycles. The highest BCUT2D eigenvalue weighted by Crippen LogP contribution is 2.27. The standard InChI is InChI=1S/C17H23NO3/c1-17(2,3)21-16(20)18-13-10-7-9-12-8-5-4-6-11-14(19)15(12)13/h7,9-10H,4-6,8,11H2,1-3H3,(H,18,20). The Bertz CT molecular complexity index is 543. The highest BCUT2D eigenvalue weighted by molar-refractivity contribution is 6.05. The molecule has 0 bridgehead atoms. The Morgan fingerprint density at radius 3 is 2.57 bits per heavy atom. The van der Waals surface area contributed by atoms with E-state index in [0.29, 0.717) is 17.7 Å². The van der Waals surface area contributed by atoms with Gasteiger partial charge in [0.15, 0.2) is 5.78 Å². The number of ketones is 1. The predicted octanol–water partition coefficient (Wildman–Crippen LogP) is 4.33. The number of amides is 1. The molecule has 0 aromatic heterocycles. The molecule has 2 rings (SSSR count). The SMILES string of the molecule is CC(C)(C)OC(=O)Nc1cccc2c1C(=O)CCCCC2. The second-order valence-corrected chi connectivity index (χ2v) is 6.45. The molecule has 0 spiro atoms. The van der Waals surface area contributed by atoms with E-state index in [1.807, 2.05) is 32.9 Å². The lowest BCUT2D eigenvalue weighted by Crippen LogP contribution is -2.28. The first-order valence-corrected chi connectivity index (χ1v) is 7.52. The number of ether oxygens (including phenoxy) is 1. The van der Waals surface area contributed by atoms with Gasteiger partial charge in [0, 0.05) is 12.0 Å². The summed E-state index contributed by atoms with van der Waals surface area (Å²) in [5.41, 5.74) is 1.68. The Labute approximate surface area is 125 Å². The van der Waals surface area contributed by atoms with Crippen molar-refractivity contribution in [2.75, 3.05) is 5.32 Å². The molecule has 0 heterocycles. The van der Waals surface area contributed by atoms with E-state index >= 15 is 0 Å². The molecule has 1 N–H and O–H groups in total. The molecule has 1 aliphatic rings. The van der Waals surface area contributed by atoms with Crippen molar-refractivity contribution in [2.24, 2.45) is 0 Å². The molecule has 0 unspecified atom stereocenters. The summed E-state index contributed by atoms with van der Waals surface area (Å²) in [6, 6.07) is 5.61. The number of nitrogens with one attached hydrogen (secondary N) is 1. The van der Waals surface area contributed by atoms with Crippen molar-refractivity contribution in [3.8, 4) is 0 Å².